The third-order valence-corrected chi connectivity index (χ3v) is 3.86. The maximum Gasteiger partial charge on any atom is 0.317 e. The van der Waals surface area contributed by atoms with Gasteiger partial charge < -0.3 is 15.3 Å². The van der Waals surface area contributed by atoms with Crippen LogP contribution in [0.25, 0.3) is 0 Å². The highest BCUT2D eigenvalue weighted by molar-refractivity contribution is 5.85. The molecule has 2 amide bonds. The minimum absolute atomic E-state index is 0. The average Bonchev–Trinajstić information content (AvgIpc) is 2.68. The number of carboxylic acid groups (broad SMARTS) is 1. The Morgan fingerprint density at radius 3 is 2.67 bits per heavy atom. The van der Waals surface area contributed by atoms with Crippen molar-refractivity contribution in [3.05, 3.63) is 0 Å². The van der Waals surface area contributed by atoms with Crippen molar-refractivity contribution in [3.8, 4) is 0 Å². The quantitative estimate of drug-likeness (QED) is 0.567. The van der Waals surface area contributed by atoms with Crippen LogP contribution in [-0.2, 0) is 14.4 Å². The Hall–Kier alpha value is -1.34. The third-order valence-electron chi connectivity index (χ3n) is 3.86. The molecule has 0 unspecified atom stereocenters. The molecular weight excluding hydrogens is 334 g/mol. The minimum atomic E-state index is -0.925. The number of aliphatic carboxylic acids is 1. The summed E-state index contributed by atoms with van der Waals surface area (Å²) in [5, 5.41) is 11.6. The van der Waals surface area contributed by atoms with Gasteiger partial charge in [-0.1, -0.05) is 13.3 Å². The lowest BCUT2D eigenvalue weighted by molar-refractivity contribution is -0.138. The van der Waals surface area contributed by atoms with Crippen molar-refractivity contribution in [2.45, 2.75) is 45.4 Å². The van der Waals surface area contributed by atoms with E-state index in [1.807, 2.05) is 11.8 Å². The Bertz CT molecular complexity index is 407. The second-order valence-corrected chi connectivity index (χ2v) is 6.00. The Labute approximate surface area is 150 Å². The highest BCUT2D eigenvalue weighted by Gasteiger charge is 2.16. The van der Waals surface area contributed by atoms with Gasteiger partial charge in [0.1, 0.15) is 0 Å². The number of likely N-dealkylation sites (tertiary alicyclic amines) is 1. The van der Waals surface area contributed by atoms with Crippen LogP contribution >= 0.6 is 12.4 Å². The fourth-order valence-electron chi connectivity index (χ4n) is 2.75. The molecule has 1 rings (SSSR count). The first-order valence-electron chi connectivity index (χ1n) is 8.51. The summed E-state index contributed by atoms with van der Waals surface area (Å²) in [6.07, 6.45) is 5.30. The first-order chi connectivity index (χ1) is 11.0. The van der Waals surface area contributed by atoms with Gasteiger partial charge in [-0.3, -0.25) is 19.3 Å². The van der Waals surface area contributed by atoms with E-state index in [2.05, 4.69) is 5.32 Å². The number of carbonyl (C=O) groups is 3. The molecule has 0 spiro atoms. The van der Waals surface area contributed by atoms with Crippen LogP contribution in [0.4, 0.5) is 0 Å². The maximum absolute atomic E-state index is 11.9. The molecule has 7 nitrogen and oxygen atoms in total. The lowest BCUT2D eigenvalue weighted by Crippen LogP contribution is -2.41. The van der Waals surface area contributed by atoms with E-state index in [1.165, 1.54) is 0 Å². The van der Waals surface area contributed by atoms with Gasteiger partial charge in [0, 0.05) is 26.1 Å². The Morgan fingerprint density at radius 1 is 1.25 bits per heavy atom. The van der Waals surface area contributed by atoms with E-state index in [9.17, 15) is 14.4 Å². The monoisotopic (exact) mass is 363 g/mol. The highest BCUT2D eigenvalue weighted by Crippen LogP contribution is 2.11. The smallest absolute Gasteiger partial charge is 0.317 e. The molecule has 1 fully saturated rings. The second kappa shape index (κ2) is 13.0. The standard InChI is InChI=1S/C16H29N3O4.ClH/c1-2-9-18(13-16(22)23)12-14(20)17-8-6-11-19-10-5-3-4-7-15(19)21;/h2-13H2,1H3,(H,17,20)(H,22,23);1H. The van der Waals surface area contributed by atoms with E-state index in [4.69, 9.17) is 5.11 Å². The number of nitrogens with one attached hydrogen (secondary N) is 1. The fraction of sp³-hybridized carbons (Fsp3) is 0.812. The van der Waals surface area contributed by atoms with Gasteiger partial charge >= 0.3 is 5.97 Å². The number of carbonyl (C=O) groups excluding carboxylic acids is 2. The van der Waals surface area contributed by atoms with Crippen LogP contribution in [-0.4, -0.2) is 72.0 Å². The van der Waals surface area contributed by atoms with Crippen molar-refractivity contribution in [1.29, 1.82) is 0 Å². The van der Waals surface area contributed by atoms with Gasteiger partial charge in [-0.15, -0.1) is 12.4 Å². The van der Waals surface area contributed by atoms with Crippen LogP contribution in [0.3, 0.4) is 0 Å². The molecule has 1 aliphatic heterocycles. The molecule has 0 aromatic carbocycles. The Morgan fingerprint density at radius 2 is 2.00 bits per heavy atom. The number of nitrogens with zero attached hydrogens (tertiary/aromatic N) is 2. The summed E-state index contributed by atoms with van der Waals surface area (Å²) in [5.74, 6) is -0.878. The van der Waals surface area contributed by atoms with Crippen molar-refractivity contribution < 1.29 is 19.5 Å². The summed E-state index contributed by atoms with van der Waals surface area (Å²) in [4.78, 5) is 37.9. The summed E-state index contributed by atoms with van der Waals surface area (Å²) in [7, 11) is 0. The fourth-order valence-corrected chi connectivity index (χ4v) is 2.75. The number of halogens is 1. The molecule has 0 aliphatic carbocycles. The normalized spacial score (nSPS) is 14.9. The zero-order valence-corrected chi connectivity index (χ0v) is 15.3. The molecule has 2 N–H and O–H groups in total. The van der Waals surface area contributed by atoms with Crippen LogP contribution in [0.15, 0.2) is 0 Å². The molecule has 1 aliphatic rings. The Balaban J connectivity index is 0.00000529. The summed E-state index contributed by atoms with van der Waals surface area (Å²) < 4.78 is 0. The summed E-state index contributed by atoms with van der Waals surface area (Å²) in [5.41, 5.74) is 0. The van der Waals surface area contributed by atoms with E-state index in [1.54, 1.807) is 4.90 Å². The molecule has 0 aromatic heterocycles. The van der Waals surface area contributed by atoms with Gasteiger partial charge in [0.25, 0.3) is 0 Å². The largest absolute Gasteiger partial charge is 0.480 e. The van der Waals surface area contributed by atoms with Gasteiger partial charge in [-0.05, 0) is 32.2 Å². The number of hydrogen-bond donors (Lipinski definition) is 2. The lowest BCUT2D eigenvalue weighted by atomic mass is 10.2. The molecule has 0 atom stereocenters. The zero-order chi connectivity index (χ0) is 17.1. The summed E-state index contributed by atoms with van der Waals surface area (Å²) in [6.45, 7) is 4.51. The van der Waals surface area contributed by atoms with E-state index < -0.39 is 5.97 Å². The van der Waals surface area contributed by atoms with Crippen molar-refractivity contribution in [2.24, 2.45) is 0 Å². The average molecular weight is 364 g/mol. The first-order valence-corrected chi connectivity index (χ1v) is 8.51. The van der Waals surface area contributed by atoms with Crippen molar-refractivity contribution in [2.75, 3.05) is 39.3 Å². The van der Waals surface area contributed by atoms with Crippen LogP contribution in [0, 0.1) is 0 Å². The van der Waals surface area contributed by atoms with Crippen LogP contribution in [0.2, 0.25) is 0 Å². The van der Waals surface area contributed by atoms with Crippen molar-refractivity contribution >= 4 is 30.2 Å². The topological polar surface area (TPSA) is 89.9 Å². The van der Waals surface area contributed by atoms with Gasteiger partial charge in [-0.25, -0.2) is 0 Å². The summed E-state index contributed by atoms with van der Waals surface area (Å²) >= 11 is 0. The maximum atomic E-state index is 11.9. The highest BCUT2D eigenvalue weighted by atomic mass is 35.5. The molecule has 1 saturated heterocycles. The predicted octanol–water partition coefficient (Wildman–Crippen LogP) is 1.11. The van der Waals surface area contributed by atoms with Crippen molar-refractivity contribution in [1.82, 2.24) is 15.1 Å². The van der Waals surface area contributed by atoms with Crippen molar-refractivity contribution in [3.63, 3.8) is 0 Å². The van der Waals surface area contributed by atoms with Crippen LogP contribution in [0.1, 0.15) is 45.4 Å². The SMILES string of the molecule is CCCN(CC(=O)O)CC(=O)NCCCN1CCCCCC1=O.Cl. The van der Waals surface area contributed by atoms with Crippen LogP contribution < -0.4 is 5.32 Å². The third kappa shape index (κ3) is 9.72. The van der Waals surface area contributed by atoms with E-state index >= 15 is 0 Å². The number of hydrogen-bond acceptors (Lipinski definition) is 4. The Kier molecular flexibility index (Phi) is 12.3. The molecular formula is C16H30ClN3O4. The molecule has 0 bridgehead atoms. The van der Waals surface area contributed by atoms with E-state index in [0.29, 0.717) is 26.1 Å². The minimum Gasteiger partial charge on any atom is -0.480 e. The molecule has 24 heavy (non-hydrogen) atoms. The van der Waals surface area contributed by atoms with Gasteiger partial charge in [0.15, 0.2) is 0 Å². The number of rotatable bonds is 10. The first kappa shape index (κ1) is 22.7. The zero-order valence-electron chi connectivity index (χ0n) is 14.5. The molecule has 0 aromatic rings. The summed E-state index contributed by atoms with van der Waals surface area (Å²) in [6, 6.07) is 0. The molecule has 140 valence electrons. The predicted molar refractivity (Wildman–Crippen MR) is 94.3 cm³/mol. The molecule has 8 heteroatoms. The van der Waals surface area contributed by atoms with Gasteiger partial charge in [0.2, 0.25) is 11.8 Å². The van der Waals surface area contributed by atoms with Gasteiger partial charge in [0.05, 0.1) is 13.1 Å². The second-order valence-electron chi connectivity index (χ2n) is 6.00. The van der Waals surface area contributed by atoms with E-state index in [-0.39, 0.29) is 37.3 Å². The van der Waals surface area contributed by atoms with Gasteiger partial charge in [-0.2, -0.15) is 0 Å². The molecule has 1 heterocycles. The molecule has 0 radical (unpaired) electrons. The van der Waals surface area contributed by atoms with Crippen LogP contribution in [0.5, 0.6) is 0 Å². The number of carboxylic acids is 1. The number of amides is 2. The molecule has 0 saturated carbocycles. The lowest BCUT2D eigenvalue weighted by Gasteiger charge is -2.21. The van der Waals surface area contributed by atoms with E-state index in [0.717, 1.165) is 38.6 Å².